The van der Waals surface area contributed by atoms with Gasteiger partial charge in [-0.1, -0.05) is 6.07 Å². The van der Waals surface area contributed by atoms with Crippen LogP contribution in [0.3, 0.4) is 0 Å². The zero-order chi connectivity index (χ0) is 19.7. The standard InChI is InChI=1S/C17H17FN2O5S2/c18-14-6-8-16(9-7-14)27(24,25)19-17(21)13-4-3-5-15(12-13)20-10-1-2-11-26(20,22)23/h3-9,12H,1-2,10-11H2,(H,19,21). The smallest absolute Gasteiger partial charge is 0.265 e. The van der Waals surface area contributed by atoms with Crippen LogP contribution in [0, 0.1) is 5.82 Å². The zero-order valence-electron chi connectivity index (χ0n) is 14.1. The summed E-state index contributed by atoms with van der Waals surface area (Å²) in [6, 6.07) is 9.78. The van der Waals surface area contributed by atoms with Gasteiger partial charge in [0, 0.05) is 12.1 Å². The molecule has 1 aliphatic heterocycles. The fraction of sp³-hybridized carbons (Fsp3) is 0.235. The molecule has 27 heavy (non-hydrogen) atoms. The Labute approximate surface area is 156 Å². The van der Waals surface area contributed by atoms with Gasteiger partial charge in [-0.2, -0.15) is 0 Å². The summed E-state index contributed by atoms with van der Waals surface area (Å²) in [5.41, 5.74) is 0.306. The van der Waals surface area contributed by atoms with Gasteiger partial charge in [0.15, 0.2) is 0 Å². The number of nitrogens with zero attached hydrogens (tertiary/aromatic N) is 1. The second-order valence-corrected chi connectivity index (χ2v) is 9.73. The van der Waals surface area contributed by atoms with Gasteiger partial charge in [0.2, 0.25) is 10.0 Å². The lowest BCUT2D eigenvalue weighted by atomic mass is 10.2. The lowest BCUT2D eigenvalue weighted by molar-refractivity contribution is 0.0981. The second-order valence-electron chi connectivity index (χ2n) is 6.03. The normalized spacial score (nSPS) is 16.7. The van der Waals surface area contributed by atoms with Gasteiger partial charge in [0.05, 0.1) is 16.3 Å². The molecular weight excluding hydrogens is 395 g/mol. The number of rotatable bonds is 4. The molecule has 0 bridgehead atoms. The summed E-state index contributed by atoms with van der Waals surface area (Å²) in [6.07, 6.45) is 1.28. The quantitative estimate of drug-likeness (QED) is 0.826. The fourth-order valence-electron chi connectivity index (χ4n) is 2.73. The molecule has 10 heteroatoms. The number of hydrogen-bond donors (Lipinski definition) is 1. The largest absolute Gasteiger partial charge is 0.270 e. The van der Waals surface area contributed by atoms with Crippen molar-refractivity contribution in [3.63, 3.8) is 0 Å². The molecule has 2 aromatic carbocycles. The average molecular weight is 412 g/mol. The number of anilines is 1. The maximum absolute atomic E-state index is 13.0. The number of hydrogen-bond acceptors (Lipinski definition) is 5. The Bertz CT molecular complexity index is 1070. The van der Waals surface area contributed by atoms with E-state index in [-0.39, 0.29) is 16.2 Å². The SMILES string of the molecule is O=C(NS(=O)(=O)c1ccc(F)cc1)c1cccc(N2CCCCS2(=O)=O)c1. The number of amides is 1. The molecule has 3 rings (SSSR count). The van der Waals surface area contributed by atoms with Gasteiger partial charge < -0.3 is 0 Å². The van der Waals surface area contributed by atoms with E-state index in [9.17, 15) is 26.0 Å². The van der Waals surface area contributed by atoms with Crippen LogP contribution in [0.25, 0.3) is 0 Å². The topological polar surface area (TPSA) is 101 Å². The first kappa shape index (κ1) is 19.3. The molecule has 2 aromatic rings. The van der Waals surface area contributed by atoms with Crippen molar-refractivity contribution < 1.29 is 26.0 Å². The molecule has 1 amide bonds. The molecule has 0 aliphatic carbocycles. The van der Waals surface area contributed by atoms with Crippen molar-refractivity contribution in [1.82, 2.24) is 4.72 Å². The molecule has 1 heterocycles. The van der Waals surface area contributed by atoms with E-state index in [0.717, 1.165) is 24.3 Å². The van der Waals surface area contributed by atoms with E-state index >= 15 is 0 Å². The third-order valence-corrected chi connectivity index (χ3v) is 7.31. The number of halogens is 1. The van der Waals surface area contributed by atoms with E-state index in [0.29, 0.717) is 25.1 Å². The molecule has 0 radical (unpaired) electrons. The predicted octanol–water partition coefficient (Wildman–Crippen LogP) is 1.87. The van der Waals surface area contributed by atoms with Crippen molar-refractivity contribution in [3.05, 3.63) is 59.9 Å². The van der Waals surface area contributed by atoms with Gasteiger partial charge in [-0.3, -0.25) is 9.10 Å². The minimum absolute atomic E-state index is 0.000963. The predicted molar refractivity (Wildman–Crippen MR) is 97.9 cm³/mol. The molecule has 1 fully saturated rings. The van der Waals surface area contributed by atoms with Crippen LogP contribution in [0.5, 0.6) is 0 Å². The summed E-state index contributed by atoms with van der Waals surface area (Å²) in [5, 5.41) is 0. The van der Waals surface area contributed by atoms with Crippen LogP contribution in [0.15, 0.2) is 53.4 Å². The second kappa shape index (κ2) is 7.28. The highest BCUT2D eigenvalue weighted by molar-refractivity contribution is 7.92. The van der Waals surface area contributed by atoms with Crippen LogP contribution in [0.4, 0.5) is 10.1 Å². The maximum Gasteiger partial charge on any atom is 0.265 e. The van der Waals surface area contributed by atoms with Crippen molar-refractivity contribution in [2.75, 3.05) is 16.6 Å². The molecule has 0 spiro atoms. The highest BCUT2D eigenvalue weighted by Crippen LogP contribution is 2.24. The molecule has 1 aliphatic rings. The van der Waals surface area contributed by atoms with E-state index in [1.54, 1.807) is 6.07 Å². The monoisotopic (exact) mass is 412 g/mol. The van der Waals surface area contributed by atoms with Crippen molar-refractivity contribution >= 4 is 31.6 Å². The van der Waals surface area contributed by atoms with Crippen LogP contribution in [0.2, 0.25) is 0 Å². The molecular formula is C17H17FN2O5S2. The summed E-state index contributed by atoms with van der Waals surface area (Å²) >= 11 is 0. The van der Waals surface area contributed by atoms with E-state index in [4.69, 9.17) is 0 Å². The molecule has 0 unspecified atom stereocenters. The third-order valence-electron chi connectivity index (χ3n) is 4.10. The summed E-state index contributed by atoms with van der Waals surface area (Å²) in [5.74, 6) is -1.48. The minimum atomic E-state index is -4.18. The first-order valence-electron chi connectivity index (χ1n) is 8.12. The molecule has 0 saturated carbocycles. The number of benzene rings is 2. The summed E-state index contributed by atoms with van der Waals surface area (Å²) in [7, 11) is -7.64. The van der Waals surface area contributed by atoms with Gasteiger partial charge in [-0.05, 0) is 55.3 Å². The molecule has 1 N–H and O–H groups in total. The summed E-state index contributed by atoms with van der Waals surface area (Å²) in [4.78, 5) is 12.1. The first-order valence-corrected chi connectivity index (χ1v) is 11.2. The van der Waals surface area contributed by atoms with Crippen molar-refractivity contribution in [2.45, 2.75) is 17.7 Å². The van der Waals surface area contributed by atoms with Crippen LogP contribution in [-0.4, -0.2) is 35.0 Å². The average Bonchev–Trinajstić information content (AvgIpc) is 2.61. The van der Waals surface area contributed by atoms with Gasteiger partial charge >= 0.3 is 0 Å². The summed E-state index contributed by atoms with van der Waals surface area (Å²) in [6.45, 7) is 0.307. The number of carbonyl (C=O) groups excluding carboxylic acids is 1. The minimum Gasteiger partial charge on any atom is -0.270 e. The number of nitrogens with one attached hydrogen (secondary N) is 1. The van der Waals surface area contributed by atoms with Crippen molar-refractivity contribution in [3.8, 4) is 0 Å². The lowest BCUT2D eigenvalue weighted by Gasteiger charge is -2.28. The van der Waals surface area contributed by atoms with Crippen LogP contribution < -0.4 is 9.03 Å². The van der Waals surface area contributed by atoms with Gasteiger partial charge in [0.1, 0.15) is 5.82 Å². The Kier molecular flexibility index (Phi) is 5.20. The van der Waals surface area contributed by atoms with Crippen LogP contribution in [0.1, 0.15) is 23.2 Å². The zero-order valence-corrected chi connectivity index (χ0v) is 15.8. The third kappa shape index (κ3) is 4.28. The molecule has 0 atom stereocenters. The summed E-state index contributed by atoms with van der Waals surface area (Å²) < 4.78 is 65.0. The van der Waals surface area contributed by atoms with Crippen molar-refractivity contribution in [1.29, 1.82) is 0 Å². The Morgan fingerprint density at radius 3 is 2.44 bits per heavy atom. The number of carbonyl (C=O) groups is 1. The van der Waals surface area contributed by atoms with E-state index < -0.39 is 31.8 Å². The van der Waals surface area contributed by atoms with Crippen molar-refractivity contribution in [2.24, 2.45) is 0 Å². The highest BCUT2D eigenvalue weighted by atomic mass is 32.2. The molecule has 7 nitrogen and oxygen atoms in total. The Balaban J connectivity index is 1.84. The number of sulfonamides is 2. The van der Waals surface area contributed by atoms with Gasteiger partial charge in [-0.25, -0.2) is 25.9 Å². The van der Waals surface area contributed by atoms with Gasteiger partial charge in [-0.15, -0.1) is 0 Å². The van der Waals surface area contributed by atoms with Gasteiger partial charge in [0.25, 0.3) is 15.9 Å². The van der Waals surface area contributed by atoms with E-state index in [1.807, 2.05) is 4.72 Å². The molecule has 1 saturated heterocycles. The van der Waals surface area contributed by atoms with Crippen LogP contribution in [-0.2, 0) is 20.0 Å². The lowest BCUT2D eigenvalue weighted by Crippen LogP contribution is -2.38. The first-order chi connectivity index (χ1) is 12.7. The molecule has 0 aromatic heterocycles. The maximum atomic E-state index is 13.0. The van der Waals surface area contributed by atoms with Crippen LogP contribution >= 0.6 is 0 Å². The Morgan fingerprint density at radius 2 is 1.78 bits per heavy atom. The Morgan fingerprint density at radius 1 is 1.07 bits per heavy atom. The molecule has 144 valence electrons. The Hall–Kier alpha value is -2.46. The fourth-order valence-corrected chi connectivity index (χ4v) is 5.34. The van der Waals surface area contributed by atoms with E-state index in [2.05, 4.69) is 0 Å². The highest BCUT2D eigenvalue weighted by Gasteiger charge is 2.27. The van der Waals surface area contributed by atoms with E-state index in [1.165, 1.54) is 22.5 Å².